The Hall–Kier alpha value is -4.79. The van der Waals surface area contributed by atoms with Gasteiger partial charge in [0.25, 0.3) is 0 Å². The smallest absolute Gasteiger partial charge is 0.309 e. The van der Waals surface area contributed by atoms with E-state index in [1.54, 1.807) is 6.20 Å². The standard InChI is InChI=1S/C39H44N4O5/c1-9-42-30-19-32-28(17-26(30)23(2)21-38(42,5)6)35(36-37(47-25(4)44)41-15-14-40-36)29-18-27-24(3)22-39(7,8)43(31(27)20-33(29)48-32)16-12-10-11-13-34(45)46/h14-15,17-22H,9-13,16H2,1-8H3/p+1. The van der Waals surface area contributed by atoms with Crippen molar-refractivity contribution in [2.75, 3.05) is 18.0 Å². The summed E-state index contributed by atoms with van der Waals surface area (Å²) < 4.78 is 14.9. The topological polar surface area (TPSA) is 105 Å². The van der Waals surface area contributed by atoms with Crippen molar-refractivity contribution in [3.63, 3.8) is 0 Å². The number of nitrogens with zero attached hydrogens (tertiary/aromatic N) is 4. The van der Waals surface area contributed by atoms with Crippen LogP contribution >= 0.6 is 0 Å². The number of esters is 1. The minimum atomic E-state index is -0.758. The fourth-order valence-electron chi connectivity index (χ4n) is 7.70. The average Bonchev–Trinajstić information content (AvgIpc) is 2.99. The second-order valence-electron chi connectivity index (χ2n) is 14.1. The molecule has 3 aliphatic heterocycles. The summed E-state index contributed by atoms with van der Waals surface area (Å²) in [5, 5.41) is 11.0. The number of hydrogen-bond acceptors (Lipinski definition) is 7. The Labute approximate surface area is 282 Å². The fraction of sp³-hybridized carbons (Fsp3) is 0.410. The van der Waals surface area contributed by atoms with Crippen LogP contribution in [0.4, 0.5) is 5.69 Å². The molecule has 1 N–H and O–H groups in total. The third-order valence-electron chi connectivity index (χ3n) is 9.65. The number of unbranched alkanes of at least 4 members (excludes halogenated alkanes) is 2. The van der Waals surface area contributed by atoms with Gasteiger partial charge in [0.05, 0.1) is 11.6 Å². The van der Waals surface area contributed by atoms with E-state index in [0.29, 0.717) is 23.6 Å². The second-order valence-corrected chi connectivity index (χ2v) is 14.1. The Morgan fingerprint density at radius 2 is 1.65 bits per heavy atom. The molecule has 48 heavy (non-hydrogen) atoms. The number of rotatable bonds is 9. The maximum Gasteiger partial charge on any atom is 0.309 e. The van der Waals surface area contributed by atoms with Crippen LogP contribution in [0.25, 0.3) is 16.7 Å². The maximum atomic E-state index is 12.2. The van der Waals surface area contributed by atoms with E-state index in [4.69, 9.17) is 19.6 Å². The molecule has 2 aromatic carbocycles. The first kappa shape index (κ1) is 33.1. The van der Waals surface area contributed by atoms with Crippen molar-refractivity contribution in [1.82, 2.24) is 14.5 Å². The average molecular weight is 650 g/mol. The van der Waals surface area contributed by atoms with Crippen molar-refractivity contribution >= 4 is 34.3 Å². The van der Waals surface area contributed by atoms with E-state index >= 15 is 0 Å². The van der Waals surface area contributed by atoms with Crippen LogP contribution in [0, 0.1) is 0 Å². The Bertz CT molecular complexity index is 2040. The number of likely N-dealkylation sites (N-methyl/N-ethyl adjacent to an activating group) is 1. The first-order valence-electron chi connectivity index (χ1n) is 16.8. The molecule has 9 nitrogen and oxygen atoms in total. The summed E-state index contributed by atoms with van der Waals surface area (Å²) in [4.78, 5) is 34.9. The minimum absolute atomic E-state index is 0.147. The molecule has 9 heteroatoms. The molecule has 0 spiro atoms. The van der Waals surface area contributed by atoms with Crippen LogP contribution in [0.3, 0.4) is 0 Å². The van der Waals surface area contributed by atoms with Crippen LogP contribution < -0.4 is 29.5 Å². The van der Waals surface area contributed by atoms with E-state index in [1.165, 1.54) is 18.7 Å². The highest BCUT2D eigenvalue weighted by Crippen LogP contribution is 2.46. The van der Waals surface area contributed by atoms with E-state index < -0.39 is 11.9 Å². The molecule has 0 unspecified atom stereocenters. The van der Waals surface area contributed by atoms with Crippen molar-refractivity contribution < 1.29 is 24.2 Å². The van der Waals surface area contributed by atoms with E-state index in [2.05, 4.69) is 99.3 Å². The number of carboxylic acid groups (broad SMARTS) is 1. The van der Waals surface area contributed by atoms with E-state index in [9.17, 15) is 9.59 Å². The highest BCUT2D eigenvalue weighted by molar-refractivity contribution is 5.92. The van der Waals surface area contributed by atoms with Crippen molar-refractivity contribution in [2.45, 2.75) is 92.2 Å². The Morgan fingerprint density at radius 1 is 0.917 bits per heavy atom. The molecule has 0 atom stereocenters. The maximum absolute atomic E-state index is 12.2. The zero-order valence-corrected chi connectivity index (χ0v) is 29.2. The number of hydrogen-bond donors (Lipinski definition) is 1. The van der Waals surface area contributed by atoms with Gasteiger partial charge in [-0.3, -0.25) is 9.59 Å². The zero-order chi connectivity index (χ0) is 34.5. The monoisotopic (exact) mass is 649 g/mol. The number of allylic oxidation sites excluding steroid dienone is 2. The van der Waals surface area contributed by atoms with Gasteiger partial charge < -0.3 is 19.5 Å². The summed E-state index contributed by atoms with van der Waals surface area (Å²) in [6.07, 6.45) is 10.3. The molecular weight excluding hydrogens is 604 g/mol. The molecule has 0 aliphatic carbocycles. The Balaban J connectivity index is 1.64. The summed E-state index contributed by atoms with van der Waals surface area (Å²) in [5.41, 5.74) is 7.29. The molecular formula is C39H45N4O5+. The van der Waals surface area contributed by atoms with Crippen LogP contribution in [-0.2, 0) is 9.59 Å². The van der Waals surface area contributed by atoms with E-state index in [-0.39, 0.29) is 23.4 Å². The molecule has 3 aliphatic rings. The van der Waals surface area contributed by atoms with Crippen LogP contribution in [0.1, 0.15) is 103 Å². The number of benzene rings is 2. The van der Waals surface area contributed by atoms with Crippen molar-refractivity contribution in [1.29, 1.82) is 0 Å². The molecule has 4 heterocycles. The van der Waals surface area contributed by atoms with Gasteiger partial charge in [-0.25, -0.2) is 14.5 Å². The van der Waals surface area contributed by atoms with Gasteiger partial charge in [0.15, 0.2) is 5.54 Å². The Morgan fingerprint density at radius 3 is 2.35 bits per heavy atom. The lowest BCUT2D eigenvalue weighted by molar-refractivity contribution is -0.137. The van der Waals surface area contributed by atoms with Gasteiger partial charge in [-0.05, 0) is 76.8 Å². The molecule has 0 saturated carbocycles. The summed E-state index contributed by atoms with van der Waals surface area (Å²) >= 11 is 0. The highest BCUT2D eigenvalue weighted by atomic mass is 16.5. The largest absolute Gasteiger partial charge is 0.481 e. The molecule has 3 aromatic rings. The van der Waals surface area contributed by atoms with Crippen LogP contribution in [0.5, 0.6) is 17.4 Å². The second kappa shape index (κ2) is 12.3. The lowest BCUT2D eigenvalue weighted by Crippen LogP contribution is -2.50. The summed E-state index contributed by atoms with van der Waals surface area (Å²) in [7, 11) is 0. The molecule has 6 rings (SSSR count). The third kappa shape index (κ3) is 5.91. The number of carbonyl (C=O) groups excluding carboxylic acids is 1. The van der Waals surface area contributed by atoms with Gasteiger partial charge in [0.1, 0.15) is 23.7 Å². The first-order valence-corrected chi connectivity index (χ1v) is 16.8. The van der Waals surface area contributed by atoms with Gasteiger partial charge in [-0.2, -0.15) is 0 Å². The molecule has 0 radical (unpaired) electrons. The fourth-order valence-corrected chi connectivity index (χ4v) is 7.70. The first-order chi connectivity index (χ1) is 22.7. The SMILES string of the molecule is CCN1c2cc3c(cc2C(C)=CC1(C)C)C(c1nccnc1OC(C)=O)=c1cc2c(cc1O3)=[N+](CCCCCC(=O)O)C(C)(C)C=C2C. The normalized spacial score (nSPS) is 16.9. The minimum Gasteiger partial charge on any atom is -0.481 e. The Kier molecular flexibility index (Phi) is 8.52. The van der Waals surface area contributed by atoms with Crippen LogP contribution in [0.2, 0.25) is 0 Å². The molecule has 250 valence electrons. The number of aliphatic carboxylic acids is 1. The summed E-state index contributed by atoms with van der Waals surface area (Å²) in [6, 6.07) is 8.59. The molecule has 0 fully saturated rings. The molecule has 0 amide bonds. The van der Waals surface area contributed by atoms with Crippen molar-refractivity contribution in [3.05, 3.63) is 81.8 Å². The summed E-state index contributed by atoms with van der Waals surface area (Å²) in [6.45, 7) is 18.3. The van der Waals surface area contributed by atoms with Gasteiger partial charge >= 0.3 is 11.9 Å². The molecule has 0 saturated heterocycles. The van der Waals surface area contributed by atoms with E-state index in [1.807, 2.05) is 0 Å². The zero-order valence-electron chi connectivity index (χ0n) is 29.2. The molecule has 1 aromatic heterocycles. The number of aromatic nitrogens is 2. The number of ether oxygens (including phenoxy) is 2. The molecule has 0 bridgehead atoms. The van der Waals surface area contributed by atoms with Gasteiger partial charge in [0, 0.05) is 91.8 Å². The lowest BCUT2D eigenvalue weighted by atomic mass is 9.85. The van der Waals surface area contributed by atoms with Gasteiger partial charge in [-0.15, -0.1) is 0 Å². The van der Waals surface area contributed by atoms with Crippen molar-refractivity contribution in [3.8, 4) is 17.4 Å². The lowest BCUT2D eigenvalue weighted by Gasteiger charge is -2.43. The summed E-state index contributed by atoms with van der Waals surface area (Å²) in [5.74, 6) is 0.297. The predicted molar refractivity (Wildman–Crippen MR) is 188 cm³/mol. The number of carboxylic acids is 1. The predicted octanol–water partition coefficient (Wildman–Crippen LogP) is 6.11. The van der Waals surface area contributed by atoms with Crippen molar-refractivity contribution in [2.24, 2.45) is 0 Å². The van der Waals surface area contributed by atoms with E-state index in [0.717, 1.165) is 70.0 Å². The quantitative estimate of drug-likeness (QED) is 0.132. The van der Waals surface area contributed by atoms with Gasteiger partial charge in [-0.1, -0.05) is 6.08 Å². The van der Waals surface area contributed by atoms with Crippen LogP contribution in [0.15, 0.2) is 48.8 Å². The third-order valence-corrected chi connectivity index (χ3v) is 9.65. The number of carbonyl (C=O) groups is 2. The number of fused-ring (bicyclic) bond motifs is 4. The van der Waals surface area contributed by atoms with Crippen LogP contribution in [-0.4, -0.2) is 51.2 Å². The number of anilines is 1. The highest BCUT2D eigenvalue weighted by Gasteiger charge is 2.37. The van der Waals surface area contributed by atoms with Gasteiger partial charge in [0.2, 0.25) is 11.2 Å².